The summed E-state index contributed by atoms with van der Waals surface area (Å²) < 4.78 is 18.1. The van der Waals surface area contributed by atoms with Crippen LogP contribution in [0.15, 0.2) is 54.9 Å². The molecule has 8 rings (SSSR count). The van der Waals surface area contributed by atoms with E-state index in [0.29, 0.717) is 25.5 Å². The van der Waals surface area contributed by atoms with Crippen molar-refractivity contribution in [1.29, 1.82) is 0 Å². The average molecular weight is 792 g/mol. The van der Waals surface area contributed by atoms with Crippen LogP contribution in [0, 0.1) is 5.92 Å². The number of nitrogens with one attached hydrogen (secondary N) is 4. The van der Waals surface area contributed by atoms with Gasteiger partial charge in [-0.3, -0.25) is 9.59 Å². The van der Waals surface area contributed by atoms with E-state index in [4.69, 9.17) is 14.5 Å². The summed E-state index contributed by atoms with van der Waals surface area (Å²) >= 11 is 0. The number of methoxy groups -OCH3 is 2. The standard InChI is InChI=1S/C42H49N9O7/c1-24(2)37(48-42(55)57-4)40(53)51-15-6-9-33(51)39-44-22-30(47-39)26-10-12-28-34-19-27-18-25(11-13-31(27)49(34)16-7-17-58-35(28)20-26)29-21-43-38(46-29)32-8-5-14-50(32)36(52)23-45-41(54)56-3/h10-13,18-22,24,32-33,37H,5-9,14-17,23H2,1-4H3,(H,43,46)(H,44,47)(H,45,54)(H,48,55)/t32-,33-,37-/m0/s1. The summed E-state index contributed by atoms with van der Waals surface area (Å²) in [6.45, 7) is 6.21. The van der Waals surface area contributed by atoms with E-state index in [1.807, 2.05) is 31.0 Å². The topological polar surface area (TPSA) is 189 Å². The number of nitrogens with zero attached hydrogens (tertiary/aromatic N) is 5. The van der Waals surface area contributed by atoms with Gasteiger partial charge < -0.3 is 49.2 Å². The summed E-state index contributed by atoms with van der Waals surface area (Å²) in [6, 6.07) is 13.7. The highest BCUT2D eigenvalue weighted by Crippen LogP contribution is 2.40. The van der Waals surface area contributed by atoms with Crippen molar-refractivity contribution in [2.24, 2.45) is 5.92 Å². The molecular weight excluding hydrogens is 743 g/mol. The van der Waals surface area contributed by atoms with Crippen LogP contribution in [0.4, 0.5) is 9.59 Å². The van der Waals surface area contributed by atoms with Crippen molar-refractivity contribution >= 4 is 34.9 Å². The number of rotatable bonds is 9. The first-order valence-electron chi connectivity index (χ1n) is 19.9. The van der Waals surface area contributed by atoms with E-state index in [1.54, 1.807) is 11.1 Å². The number of hydrogen-bond acceptors (Lipinski definition) is 9. The maximum atomic E-state index is 13.7. The Kier molecular flexibility index (Phi) is 10.8. The van der Waals surface area contributed by atoms with Crippen molar-refractivity contribution in [2.45, 2.75) is 70.6 Å². The van der Waals surface area contributed by atoms with Crippen molar-refractivity contribution in [1.82, 2.24) is 44.9 Å². The molecule has 0 radical (unpaired) electrons. The Morgan fingerprint density at radius 2 is 1.48 bits per heavy atom. The van der Waals surface area contributed by atoms with Crippen LogP contribution in [0.5, 0.6) is 5.75 Å². The van der Waals surface area contributed by atoms with Crippen LogP contribution in [-0.4, -0.2) is 105 Å². The van der Waals surface area contributed by atoms with Gasteiger partial charge in [-0.05, 0) is 68.4 Å². The normalized spacial score (nSPS) is 18.2. The fourth-order valence-corrected chi connectivity index (χ4v) is 8.50. The summed E-state index contributed by atoms with van der Waals surface area (Å²) in [6.07, 6.45) is 6.41. The third-order valence-corrected chi connectivity index (χ3v) is 11.5. The quantitative estimate of drug-likeness (QED) is 0.140. The molecule has 304 valence electrons. The minimum Gasteiger partial charge on any atom is -0.493 e. The molecule has 4 N–H and O–H groups in total. The molecule has 16 nitrogen and oxygen atoms in total. The maximum absolute atomic E-state index is 13.7. The van der Waals surface area contributed by atoms with E-state index in [9.17, 15) is 19.2 Å². The lowest BCUT2D eigenvalue weighted by Gasteiger charge is -2.30. The molecule has 3 aromatic heterocycles. The van der Waals surface area contributed by atoms with Gasteiger partial charge in [-0.15, -0.1) is 0 Å². The Bertz CT molecular complexity index is 2350. The third kappa shape index (κ3) is 7.45. The number of alkyl carbamates (subject to hydrolysis) is 2. The van der Waals surface area contributed by atoms with E-state index in [-0.39, 0.29) is 36.4 Å². The van der Waals surface area contributed by atoms with Crippen molar-refractivity contribution in [2.75, 3.05) is 40.5 Å². The summed E-state index contributed by atoms with van der Waals surface area (Å²) in [5, 5.41) is 6.27. The van der Waals surface area contributed by atoms with Crippen LogP contribution >= 0.6 is 0 Å². The van der Waals surface area contributed by atoms with Gasteiger partial charge in [0, 0.05) is 47.2 Å². The molecular formula is C42H49N9O7. The molecule has 4 amide bonds. The molecule has 58 heavy (non-hydrogen) atoms. The summed E-state index contributed by atoms with van der Waals surface area (Å²) in [4.78, 5) is 70.1. The lowest BCUT2D eigenvalue weighted by Crippen LogP contribution is -2.51. The highest BCUT2D eigenvalue weighted by atomic mass is 16.5. The number of H-pyrrole nitrogens is 2. The van der Waals surface area contributed by atoms with E-state index in [0.717, 1.165) is 94.9 Å². The number of carbonyl (C=O) groups is 4. The first-order valence-corrected chi connectivity index (χ1v) is 19.9. The minimum atomic E-state index is -0.703. The fourth-order valence-electron chi connectivity index (χ4n) is 8.50. The first-order chi connectivity index (χ1) is 28.1. The summed E-state index contributed by atoms with van der Waals surface area (Å²) in [5.74, 6) is 1.75. The maximum Gasteiger partial charge on any atom is 0.407 e. The number of fused-ring (bicyclic) bond motifs is 5. The van der Waals surface area contributed by atoms with Crippen LogP contribution in [0.25, 0.3) is 44.7 Å². The fraction of sp³-hybridized carbons (Fsp3) is 0.429. The van der Waals surface area contributed by atoms with Gasteiger partial charge in [0.2, 0.25) is 11.8 Å². The van der Waals surface area contributed by atoms with Gasteiger partial charge >= 0.3 is 12.2 Å². The van der Waals surface area contributed by atoms with Gasteiger partial charge in [0.1, 0.15) is 30.0 Å². The number of likely N-dealkylation sites (tertiary alicyclic amines) is 2. The minimum absolute atomic E-state index is 0.118. The highest BCUT2D eigenvalue weighted by Gasteiger charge is 2.38. The van der Waals surface area contributed by atoms with Crippen LogP contribution in [0.3, 0.4) is 0 Å². The Morgan fingerprint density at radius 3 is 2.17 bits per heavy atom. The van der Waals surface area contributed by atoms with Crippen LogP contribution in [0.2, 0.25) is 0 Å². The summed E-state index contributed by atoms with van der Waals surface area (Å²) in [7, 11) is 2.56. The zero-order valence-electron chi connectivity index (χ0n) is 33.2. The van der Waals surface area contributed by atoms with E-state index in [1.165, 1.54) is 14.2 Å². The van der Waals surface area contributed by atoms with Crippen LogP contribution in [-0.2, 0) is 25.6 Å². The average Bonchev–Trinajstić information content (AvgIpc) is 4.08. The molecule has 0 bridgehead atoms. The Balaban J connectivity index is 1.02. The van der Waals surface area contributed by atoms with Crippen LogP contribution in [0.1, 0.15) is 69.7 Å². The number of carbonyl (C=O) groups excluding carboxylic acids is 4. The van der Waals surface area contributed by atoms with Crippen LogP contribution < -0.4 is 15.4 Å². The van der Waals surface area contributed by atoms with Crippen molar-refractivity contribution in [3.8, 4) is 39.5 Å². The molecule has 2 fully saturated rings. The molecule has 0 spiro atoms. The number of hydrogen-bond donors (Lipinski definition) is 4. The predicted molar refractivity (Wildman–Crippen MR) is 215 cm³/mol. The molecule has 16 heteroatoms. The number of ether oxygens (including phenoxy) is 3. The summed E-state index contributed by atoms with van der Waals surface area (Å²) in [5.41, 5.74) is 6.75. The third-order valence-electron chi connectivity index (χ3n) is 11.5. The second kappa shape index (κ2) is 16.3. The van der Waals surface area contributed by atoms with Gasteiger partial charge in [-0.25, -0.2) is 19.6 Å². The van der Waals surface area contributed by atoms with Gasteiger partial charge in [-0.2, -0.15) is 0 Å². The van der Waals surface area contributed by atoms with Gasteiger partial charge in [0.25, 0.3) is 0 Å². The molecule has 3 atom stereocenters. The molecule has 2 saturated heterocycles. The SMILES string of the molecule is COC(=O)NCC(=O)N1CCC[C@H]1c1ncc(-c2ccc3c(c2)cc2n3CCCOc3cc(-c4cnc([C@@H]5CCCN5C(=O)[C@@H](NC(=O)OC)C(C)C)[nH]4)ccc3-2)[nH]1. The molecule has 2 aromatic carbocycles. The predicted octanol–water partition coefficient (Wildman–Crippen LogP) is 5.93. The highest BCUT2D eigenvalue weighted by molar-refractivity contribution is 5.92. The smallest absolute Gasteiger partial charge is 0.407 e. The Morgan fingerprint density at radius 1 is 0.828 bits per heavy atom. The van der Waals surface area contributed by atoms with Gasteiger partial charge in [-0.1, -0.05) is 26.0 Å². The first kappa shape index (κ1) is 38.5. The number of imidazole rings is 2. The molecule has 6 heterocycles. The number of amides is 4. The molecule has 0 aliphatic carbocycles. The second-order valence-electron chi connectivity index (χ2n) is 15.4. The molecule has 0 unspecified atom stereocenters. The monoisotopic (exact) mass is 791 g/mol. The zero-order chi connectivity index (χ0) is 40.5. The Labute approximate surface area is 335 Å². The molecule has 3 aliphatic heterocycles. The van der Waals surface area contributed by atoms with Gasteiger partial charge in [0.05, 0.1) is 62.4 Å². The van der Waals surface area contributed by atoms with Crippen molar-refractivity contribution < 1.29 is 33.4 Å². The van der Waals surface area contributed by atoms with E-state index >= 15 is 0 Å². The number of aryl methyl sites for hydroxylation is 1. The van der Waals surface area contributed by atoms with Crippen molar-refractivity contribution in [3.05, 3.63) is 66.5 Å². The molecule has 0 saturated carbocycles. The lowest BCUT2D eigenvalue weighted by atomic mass is 10.0. The largest absolute Gasteiger partial charge is 0.493 e. The molecule has 3 aliphatic rings. The zero-order valence-corrected chi connectivity index (χ0v) is 33.2. The Hall–Kier alpha value is -6.32. The second-order valence-corrected chi connectivity index (χ2v) is 15.4. The van der Waals surface area contributed by atoms with E-state index < -0.39 is 18.2 Å². The van der Waals surface area contributed by atoms with Gasteiger partial charge in [0.15, 0.2) is 0 Å². The molecule has 5 aromatic rings. The van der Waals surface area contributed by atoms with Crippen molar-refractivity contribution in [3.63, 3.8) is 0 Å². The number of aromatic nitrogens is 5. The number of benzene rings is 2. The van der Waals surface area contributed by atoms with E-state index in [2.05, 4.69) is 71.3 Å². The lowest BCUT2D eigenvalue weighted by molar-refractivity contribution is -0.135. The number of aromatic amines is 2.